The van der Waals surface area contributed by atoms with Crippen LogP contribution in [0.1, 0.15) is 46.5 Å². The molecule has 21 heavy (non-hydrogen) atoms. The second-order valence-corrected chi connectivity index (χ2v) is 5.81. The minimum atomic E-state index is 0.230. The molecule has 0 saturated heterocycles. The lowest BCUT2D eigenvalue weighted by Crippen LogP contribution is -2.43. The highest BCUT2D eigenvalue weighted by molar-refractivity contribution is 5.49. The molecule has 0 amide bonds. The number of benzene rings is 1. The Balaban J connectivity index is 2.76. The van der Waals surface area contributed by atoms with E-state index in [4.69, 9.17) is 4.74 Å². The summed E-state index contributed by atoms with van der Waals surface area (Å²) in [6.45, 7) is 7.71. The molecule has 2 unspecified atom stereocenters. The Bertz CT molecular complexity index is 393. The van der Waals surface area contributed by atoms with Crippen molar-refractivity contribution in [3.8, 4) is 5.75 Å². The molecule has 1 N–H and O–H groups in total. The van der Waals surface area contributed by atoms with Gasteiger partial charge in [0, 0.05) is 31.9 Å². The average molecular weight is 292 g/mol. The fourth-order valence-electron chi connectivity index (χ4n) is 2.52. The van der Waals surface area contributed by atoms with Gasteiger partial charge in [-0.15, -0.1) is 0 Å². The topological polar surface area (TPSA) is 24.5 Å². The van der Waals surface area contributed by atoms with Gasteiger partial charge in [-0.05, 0) is 37.9 Å². The molecule has 0 fully saturated rings. The predicted octanol–water partition coefficient (Wildman–Crippen LogP) is 4.08. The molecule has 0 heterocycles. The van der Waals surface area contributed by atoms with Crippen LogP contribution in [0.4, 0.5) is 5.69 Å². The van der Waals surface area contributed by atoms with Crippen molar-refractivity contribution in [2.75, 3.05) is 25.5 Å². The van der Waals surface area contributed by atoms with Crippen molar-refractivity contribution in [3.05, 3.63) is 24.3 Å². The molecule has 0 spiro atoms. The number of hydrogen-bond donors (Lipinski definition) is 1. The Morgan fingerprint density at radius 2 is 1.90 bits per heavy atom. The van der Waals surface area contributed by atoms with E-state index in [1.165, 1.54) is 12.1 Å². The Hall–Kier alpha value is -1.22. The number of nitrogens with zero attached hydrogens (tertiary/aromatic N) is 1. The van der Waals surface area contributed by atoms with Crippen molar-refractivity contribution in [3.63, 3.8) is 0 Å². The van der Waals surface area contributed by atoms with Crippen molar-refractivity contribution in [1.29, 1.82) is 0 Å². The highest BCUT2D eigenvalue weighted by atomic mass is 16.5. The summed E-state index contributed by atoms with van der Waals surface area (Å²) in [4.78, 5) is 2.10. The van der Waals surface area contributed by atoms with E-state index in [9.17, 15) is 0 Å². The third kappa shape index (κ3) is 5.96. The predicted molar refractivity (Wildman–Crippen MR) is 92.5 cm³/mol. The fourth-order valence-corrected chi connectivity index (χ4v) is 2.52. The number of hydrogen-bond acceptors (Lipinski definition) is 3. The van der Waals surface area contributed by atoms with Gasteiger partial charge in [-0.2, -0.15) is 0 Å². The van der Waals surface area contributed by atoms with Gasteiger partial charge in [0.2, 0.25) is 0 Å². The van der Waals surface area contributed by atoms with Gasteiger partial charge >= 0.3 is 0 Å². The molecule has 0 saturated carbocycles. The van der Waals surface area contributed by atoms with E-state index < -0.39 is 0 Å². The number of ether oxygens (including phenoxy) is 1. The van der Waals surface area contributed by atoms with Gasteiger partial charge in [-0.3, -0.25) is 0 Å². The first-order chi connectivity index (χ1) is 10.1. The van der Waals surface area contributed by atoms with Crippen molar-refractivity contribution in [2.45, 2.75) is 58.6 Å². The molecular formula is C18H32N2O. The standard InChI is InChI=1S/C18H32N2O/c1-6-10-17(19-13-7-2)18(8-3)21-16-12-9-11-15(14-16)20(4)5/h9,11-12,14,17-19H,6-8,10,13H2,1-5H3. The molecule has 3 heteroatoms. The maximum Gasteiger partial charge on any atom is 0.121 e. The Morgan fingerprint density at radius 3 is 2.48 bits per heavy atom. The molecule has 1 aromatic rings. The second kappa shape index (κ2) is 9.67. The van der Waals surface area contributed by atoms with Crippen molar-refractivity contribution in [2.24, 2.45) is 0 Å². The molecular weight excluding hydrogens is 260 g/mol. The van der Waals surface area contributed by atoms with Crippen LogP contribution in [-0.2, 0) is 0 Å². The monoisotopic (exact) mass is 292 g/mol. The van der Waals surface area contributed by atoms with E-state index in [1.54, 1.807) is 0 Å². The number of anilines is 1. The quantitative estimate of drug-likeness (QED) is 0.703. The van der Waals surface area contributed by atoms with Crippen LogP contribution in [0.2, 0.25) is 0 Å². The highest BCUT2D eigenvalue weighted by Crippen LogP contribution is 2.22. The summed E-state index contributed by atoms with van der Waals surface area (Å²) in [7, 11) is 4.11. The third-order valence-corrected chi connectivity index (χ3v) is 3.73. The van der Waals surface area contributed by atoms with Crippen LogP contribution in [0.25, 0.3) is 0 Å². The minimum Gasteiger partial charge on any atom is -0.489 e. The normalized spacial score (nSPS) is 13.8. The summed E-state index contributed by atoms with van der Waals surface area (Å²) in [5.41, 5.74) is 1.18. The molecule has 2 atom stereocenters. The first-order valence-electron chi connectivity index (χ1n) is 8.29. The summed E-state index contributed by atoms with van der Waals surface area (Å²) < 4.78 is 6.28. The minimum absolute atomic E-state index is 0.230. The Morgan fingerprint density at radius 1 is 1.14 bits per heavy atom. The third-order valence-electron chi connectivity index (χ3n) is 3.73. The van der Waals surface area contributed by atoms with E-state index in [0.717, 1.165) is 31.6 Å². The molecule has 1 rings (SSSR count). The van der Waals surface area contributed by atoms with E-state index in [2.05, 4.69) is 69.3 Å². The SMILES string of the molecule is CCCNC(CCC)C(CC)Oc1cccc(N(C)C)c1. The molecule has 0 bridgehead atoms. The fraction of sp³-hybridized carbons (Fsp3) is 0.667. The van der Waals surface area contributed by atoms with Crippen LogP contribution < -0.4 is 15.0 Å². The first-order valence-corrected chi connectivity index (χ1v) is 8.29. The molecule has 120 valence electrons. The van der Waals surface area contributed by atoms with Gasteiger partial charge in [0.15, 0.2) is 0 Å². The molecule has 0 aliphatic carbocycles. The van der Waals surface area contributed by atoms with Gasteiger partial charge in [0.25, 0.3) is 0 Å². The summed E-state index contributed by atoms with van der Waals surface area (Å²) in [6, 6.07) is 8.77. The van der Waals surface area contributed by atoms with Crippen LogP contribution in [0.15, 0.2) is 24.3 Å². The van der Waals surface area contributed by atoms with Gasteiger partial charge in [0.05, 0.1) is 0 Å². The van der Waals surface area contributed by atoms with Crippen LogP contribution in [-0.4, -0.2) is 32.8 Å². The van der Waals surface area contributed by atoms with E-state index in [-0.39, 0.29) is 6.10 Å². The molecule has 1 aromatic carbocycles. The van der Waals surface area contributed by atoms with Crippen molar-refractivity contribution < 1.29 is 4.74 Å². The molecule has 0 radical (unpaired) electrons. The van der Waals surface area contributed by atoms with Crippen LogP contribution in [0.5, 0.6) is 5.75 Å². The largest absolute Gasteiger partial charge is 0.489 e. The van der Waals surface area contributed by atoms with Crippen LogP contribution >= 0.6 is 0 Å². The maximum atomic E-state index is 6.28. The molecule has 0 aromatic heterocycles. The lowest BCUT2D eigenvalue weighted by molar-refractivity contribution is 0.142. The Kier molecular flexibility index (Phi) is 8.21. The molecule has 0 aliphatic rings. The number of nitrogens with one attached hydrogen (secondary N) is 1. The van der Waals surface area contributed by atoms with Crippen molar-refractivity contribution >= 4 is 5.69 Å². The van der Waals surface area contributed by atoms with E-state index >= 15 is 0 Å². The smallest absolute Gasteiger partial charge is 0.121 e. The lowest BCUT2D eigenvalue weighted by atomic mass is 10.0. The van der Waals surface area contributed by atoms with Crippen LogP contribution in [0, 0.1) is 0 Å². The molecule has 3 nitrogen and oxygen atoms in total. The van der Waals surface area contributed by atoms with Crippen LogP contribution in [0.3, 0.4) is 0 Å². The van der Waals surface area contributed by atoms with E-state index in [1.807, 2.05) is 0 Å². The zero-order chi connectivity index (χ0) is 15.7. The van der Waals surface area contributed by atoms with E-state index in [0.29, 0.717) is 6.04 Å². The first kappa shape index (κ1) is 17.8. The van der Waals surface area contributed by atoms with Gasteiger partial charge in [-0.1, -0.05) is 33.3 Å². The Labute approximate surface area is 130 Å². The zero-order valence-corrected chi connectivity index (χ0v) is 14.4. The molecule has 0 aliphatic heterocycles. The highest BCUT2D eigenvalue weighted by Gasteiger charge is 2.20. The average Bonchev–Trinajstić information content (AvgIpc) is 2.49. The van der Waals surface area contributed by atoms with Gasteiger partial charge in [-0.25, -0.2) is 0 Å². The lowest BCUT2D eigenvalue weighted by Gasteiger charge is -2.28. The van der Waals surface area contributed by atoms with Gasteiger partial charge < -0.3 is 15.0 Å². The van der Waals surface area contributed by atoms with Crippen molar-refractivity contribution in [1.82, 2.24) is 5.32 Å². The maximum absolute atomic E-state index is 6.28. The number of rotatable bonds is 10. The van der Waals surface area contributed by atoms with Gasteiger partial charge in [0.1, 0.15) is 11.9 Å². The second-order valence-electron chi connectivity index (χ2n) is 5.81. The zero-order valence-electron chi connectivity index (χ0n) is 14.4. The summed E-state index contributed by atoms with van der Waals surface area (Å²) in [5, 5.41) is 3.64. The summed E-state index contributed by atoms with van der Waals surface area (Å²) in [5.74, 6) is 0.965. The summed E-state index contributed by atoms with van der Waals surface area (Å²) in [6.07, 6.45) is 4.75. The summed E-state index contributed by atoms with van der Waals surface area (Å²) >= 11 is 0.